The molecule has 0 bridgehead atoms. The summed E-state index contributed by atoms with van der Waals surface area (Å²) in [5.41, 5.74) is 4.33. The molecular formula is C17H18BrClO2. The third-order valence-electron chi connectivity index (χ3n) is 3.31. The summed E-state index contributed by atoms with van der Waals surface area (Å²) in [6.45, 7) is 4.14. The fourth-order valence-corrected chi connectivity index (χ4v) is 3.20. The third-order valence-corrected chi connectivity index (χ3v) is 4.42. The molecule has 2 rings (SSSR count). The average molecular weight is 370 g/mol. The van der Waals surface area contributed by atoms with Crippen molar-refractivity contribution in [3.63, 3.8) is 0 Å². The van der Waals surface area contributed by atoms with Crippen LogP contribution < -0.4 is 9.47 Å². The monoisotopic (exact) mass is 368 g/mol. The second kappa shape index (κ2) is 6.71. The van der Waals surface area contributed by atoms with Crippen LogP contribution in [0.3, 0.4) is 0 Å². The minimum atomic E-state index is -0.291. The first-order valence-electron chi connectivity index (χ1n) is 6.60. The van der Waals surface area contributed by atoms with Crippen LogP contribution in [-0.4, -0.2) is 14.2 Å². The van der Waals surface area contributed by atoms with Gasteiger partial charge in [-0.25, -0.2) is 0 Å². The summed E-state index contributed by atoms with van der Waals surface area (Å²) in [7, 11) is 3.28. The van der Waals surface area contributed by atoms with Gasteiger partial charge in [-0.2, -0.15) is 0 Å². The van der Waals surface area contributed by atoms with Crippen LogP contribution in [0.25, 0.3) is 0 Å². The van der Waals surface area contributed by atoms with Crippen molar-refractivity contribution in [3.8, 4) is 11.5 Å². The molecule has 112 valence electrons. The van der Waals surface area contributed by atoms with Gasteiger partial charge in [-0.1, -0.05) is 29.3 Å². The Morgan fingerprint density at radius 2 is 1.48 bits per heavy atom. The van der Waals surface area contributed by atoms with Gasteiger partial charge in [0, 0.05) is 5.56 Å². The van der Waals surface area contributed by atoms with Crippen molar-refractivity contribution in [1.82, 2.24) is 0 Å². The summed E-state index contributed by atoms with van der Waals surface area (Å²) in [5.74, 6) is 1.47. The maximum atomic E-state index is 6.69. The molecule has 1 atom stereocenters. The van der Waals surface area contributed by atoms with Crippen LogP contribution in [0.4, 0.5) is 0 Å². The van der Waals surface area contributed by atoms with E-state index in [1.807, 2.05) is 12.1 Å². The molecular weight excluding hydrogens is 352 g/mol. The van der Waals surface area contributed by atoms with Crippen molar-refractivity contribution in [2.45, 2.75) is 19.2 Å². The average Bonchev–Trinajstić information content (AvgIpc) is 2.45. The topological polar surface area (TPSA) is 18.5 Å². The van der Waals surface area contributed by atoms with E-state index in [9.17, 15) is 0 Å². The van der Waals surface area contributed by atoms with Gasteiger partial charge in [-0.05, 0) is 47.5 Å². The molecule has 0 aliphatic rings. The summed E-state index contributed by atoms with van der Waals surface area (Å²) in [6.07, 6.45) is 0. The first kappa shape index (κ1) is 16.2. The highest BCUT2D eigenvalue weighted by atomic mass is 79.9. The molecule has 0 aliphatic carbocycles. The highest BCUT2D eigenvalue weighted by molar-refractivity contribution is 9.10. The van der Waals surface area contributed by atoms with Gasteiger partial charge >= 0.3 is 0 Å². The van der Waals surface area contributed by atoms with Gasteiger partial charge in [0.1, 0.15) is 11.5 Å². The van der Waals surface area contributed by atoms with Gasteiger partial charge in [0.2, 0.25) is 0 Å². The zero-order valence-corrected chi connectivity index (χ0v) is 14.9. The number of ether oxygens (including phenoxy) is 2. The summed E-state index contributed by atoms with van der Waals surface area (Å²) in [4.78, 5) is 0. The van der Waals surface area contributed by atoms with E-state index in [0.717, 1.165) is 27.1 Å². The molecule has 0 spiro atoms. The number of alkyl halides is 1. The van der Waals surface area contributed by atoms with Crippen LogP contribution in [0.5, 0.6) is 11.5 Å². The minimum Gasteiger partial charge on any atom is -0.496 e. The second-order valence-corrected chi connectivity index (χ2v) is 6.30. The van der Waals surface area contributed by atoms with Crippen molar-refractivity contribution < 1.29 is 9.47 Å². The number of hydrogen-bond acceptors (Lipinski definition) is 2. The molecule has 2 aromatic carbocycles. The summed E-state index contributed by atoms with van der Waals surface area (Å²) in [5, 5.41) is -0.291. The van der Waals surface area contributed by atoms with E-state index >= 15 is 0 Å². The molecule has 4 heteroatoms. The first-order valence-corrected chi connectivity index (χ1v) is 7.83. The van der Waals surface area contributed by atoms with Crippen molar-refractivity contribution >= 4 is 27.5 Å². The molecule has 0 aliphatic heterocycles. The molecule has 2 aromatic rings. The van der Waals surface area contributed by atoms with Crippen molar-refractivity contribution in [1.29, 1.82) is 0 Å². The molecule has 0 aromatic heterocycles. The van der Waals surface area contributed by atoms with E-state index in [-0.39, 0.29) is 5.38 Å². The lowest BCUT2D eigenvalue weighted by molar-refractivity contribution is 0.397. The van der Waals surface area contributed by atoms with Crippen molar-refractivity contribution in [2.75, 3.05) is 14.2 Å². The van der Waals surface area contributed by atoms with Crippen LogP contribution in [0.15, 0.2) is 34.8 Å². The van der Waals surface area contributed by atoms with Gasteiger partial charge < -0.3 is 9.47 Å². The summed E-state index contributed by atoms with van der Waals surface area (Å²) < 4.78 is 11.7. The first-order chi connectivity index (χ1) is 9.96. The number of methoxy groups -OCH3 is 2. The van der Waals surface area contributed by atoms with E-state index < -0.39 is 0 Å². The Balaban J connectivity index is 2.53. The SMILES string of the molecule is COc1cc(C(Cl)c2cc(C)cc(C)c2)c(OC)cc1Br. The quantitative estimate of drug-likeness (QED) is 0.671. The fraction of sp³-hybridized carbons (Fsp3) is 0.294. The Labute approximate surface area is 139 Å². The Hall–Kier alpha value is -1.19. The summed E-state index contributed by atoms with van der Waals surface area (Å²) >= 11 is 10.2. The van der Waals surface area contributed by atoms with Crippen molar-refractivity contribution in [2.24, 2.45) is 0 Å². The normalized spacial score (nSPS) is 12.1. The van der Waals surface area contributed by atoms with E-state index in [1.165, 1.54) is 11.1 Å². The molecule has 2 nitrogen and oxygen atoms in total. The molecule has 21 heavy (non-hydrogen) atoms. The highest BCUT2D eigenvalue weighted by Crippen LogP contribution is 2.41. The molecule has 0 saturated heterocycles. The maximum absolute atomic E-state index is 6.69. The zero-order valence-electron chi connectivity index (χ0n) is 12.5. The van der Waals surface area contributed by atoms with Gasteiger partial charge in [0.15, 0.2) is 0 Å². The molecule has 0 amide bonds. The van der Waals surface area contributed by atoms with Crippen LogP contribution in [0, 0.1) is 13.8 Å². The van der Waals surface area contributed by atoms with E-state index in [4.69, 9.17) is 21.1 Å². The van der Waals surface area contributed by atoms with E-state index in [1.54, 1.807) is 14.2 Å². The number of halogens is 2. The zero-order chi connectivity index (χ0) is 15.6. The standard InChI is InChI=1S/C17H18BrClO2/c1-10-5-11(2)7-12(6-10)17(19)13-8-16(21-4)14(18)9-15(13)20-3/h5-9,17H,1-4H3. The van der Waals surface area contributed by atoms with E-state index in [2.05, 4.69) is 48.0 Å². The third kappa shape index (κ3) is 3.53. The van der Waals surface area contributed by atoms with Gasteiger partial charge in [-0.3, -0.25) is 0 Å². The van der Waals surface area contributed by atoms with Crippen LogP contribution in [-0.2, 0) is 0 Å². The molecule has 0 N–H and O–H groups in total. The largest absolute Gasteiger partial charge is 0.496 e. The Kier molecular flexibility index (Phi) is 5.17. The van der Waals surface area contributed by atoms with Gasteiger partial charge in [0.05, 0.1) is 24.1 Å². The fourth-order valence-electron chi connectivity index (χ4n) is 2.42. The highest BCUT2D eigenvalue weighted by Gasteiger charge is 2.19. The minimum absolute atomic E-state index is 0.291. The Bertz CT molecular complexity index is 635. The Morgan fingerprint density at radius 3 is 2.00 bits per heavy atom. The van der Waals surface area contributed by atoms with Crippen LogP contribution in [0.2, 0.25) is 0 Å². The predicted octanol–water partition coefficient (Wildman–Crippen LogP) is 5.41. The van der Waals surface area contributed by atoms with Gasteiger partial charge in [0.25, 0.3) is 0 Å². The van der Waals surface area contributed by atoms with Crippen molar-refractivity contribution in [3.05, 3.63) is 57.1 Å². The smallest absolute Gasteiger partial charge is 0.133 e. The number of aryl methyl sites for hydroxylation is 2. The molecule has 0 radical (unpaired) electrons. The van der Waals surface area contributed by atoms with Crippen LogP contribution >= 0.6 is 27.5 Å². The molecule has 0 heterocycles. The predicted molar refractivity (Wildman–Crippen MR) is 90.9 cm³/mol. The molecule has 0 fully saturated rings. The van der Waals surface area contributed by atoms with Gasteiger partial charge in [-0.15, -0.1) is 11.6 Å². The lowest BCUT2D eigenvalue weighted by Gasteiger charge is -2.17. The second-order valence-electron chi connectivity index (χ2n) is 5.01. The maximum Gasteiger partial charge on any atom is 0.133 e. The number of rotatable bonds is 4. The molecule has 0 saturated carbocycles. The number of benzene rings is 2. The van der Waals surface area contributed by atoms with E-state index in [0.29, 0.717) is 0 Å². The van der Waals surface area contributed by atoms with Crippen LogP contribution in [0.1, 0.15) is 27.6 Å². The lowest BCUT2D eigenvalue weighted by Crippen LogP contribution is -2.00. The Morgan fingerprint density at radius 1 is 0.905 bits per heavy atom. The summed E-state index contributed by atoms with van der Waals surface area (Å²) in [6, 6.07) is 10.1. The molecule has 1 unspecified atom stereocenters. The number of hydrogen-bond donors (Lipinski definition) is 0. The lowest BCUT2D eigenvalue weighted by atomic mass is 9.99.